The van der Waals surface area contributed by atoms with E-state index in [-0.39, 0.29) is 17.8 Å². The fourth-order valence-corrected chi connectivity index (χ4v) is 3.69. The summed E-state index contributed by atoms with van der Waals surface area (Å²) in [5, 5.41) is 8.37. The summed E-state index contributed by atoms with van der Waals surface area (Å²) in [6.07, 6.45) is 0. The van der Waals surface area contributed by atoms with E-state index >= 15 is 0 Å². The Kier molecular flexibility index (Phi) is 4.26. The van der Waals surface area contributed by atoms with Crippen molar-refractivity contribution in [3.63, 3.8) is 0 Å². The van der Waals surface area contributed by atoms with E-state index in [1.807, 2.05) is 12.1 Å². The molecule has 0 unspecified atom stereocenters. The summed E-state index contributed by atoms with van der Waals surface area (Å²) in [6, 6.07) is 12.2. The first kappa shape index (κ1) is 16.5. The molecule has 2 aliphatic heterocycles. The highest BCUT2D eigenvalue weighted by Crippen LogP contribution is 2.32. The number of hydrogen-bond acceptors (Lipinski definition) is 4. The van der Waals surface area contributed by atoms with Crippen molar-refractivity contribution in [2.24, 2.45) is 0 Å². The maximum absolute atomic E-state index is 12.6. The second-order valence-electron chi connectivity index (χ2n) is 5.94. The number of anilines is 3. The van der Waals surface area contributed by atoms with Crippen molar-refractivity contribution >= 4 is 46.7 Å². The molecule has 2 aliphatic rings. The van der Waals surface area contributed by atoms with Crippen LogP contribution in [0.5, 0.6) is 0 Å². The lowest BCUT2D eigenvalue weighted by Gasteiger charge is -2.17. The lowest BCUT2D eigenvalue weighted by molar-refractivity contribution is -0.113. The number of thioether (sulfide) groups is 1. The molecule has 3 N–H and O–H groups in total. The molecule has 1 fully saturated rings. The third-order valence-corrected chi connectivity index (χ3v) is 5.22. The van der Waals surface area contributed by atoms with Crippen molar-refractivity contribution in [1.82, 2.24) is 5.32 Å². The Bertz CT molecular complexity index is 915. The fraction of sp³-hybridized carbons (Fsp3) is 0.167. The predicted molar refractivity (Wildman–Crippen MR) is 101 cm³/mol. The zero-order valence-electron chi connectivity index (χ0n) is 13.7. The number of nitrogens with one attached hydrogen (secondary N) is 3. The van der Waals surface area contributed by atoms with Crippen molar-refractivity contribution in [2.45, 2.75) is 4.90 Å². The second-order valence-corrected chi connectivity index (χ2v) is 6.95. The van der Waals surface area contributed by atoms with E-state index in [1.165, 1.54) is 11.8 Å². The monoisotopic (exact) mass is 368 g/mol. The summed E-state index contributed by atoms with van der Waals surface area (Å²) < 4.78 is 0. The molecule has 0 bridgehead atoms. The van der Waals surface area contributed by atoms with Crippen molar-refractivity contribution in [2.75, 3.05) is 34.4 Å². The molecule has 0 aliphatic carbocycles. The van der Waals surface area contributed by atoms with E-state index in [0.717, 1.165) is 10.6 Å². The molecular weight excluding hydrogens is 352 g/mol. The van der Waals surface area contributed by atoms with Crippen LogP contribution in [-0.4, -0.2) is 36.7 Å². The smallest absolute Gasteiger partial charge is 0.321 e. The average Bonchev–Trinajstić information content (AvgIpc) is 3.07. The van der Waals surface area contributed by atoms with Gasteiger partial charge < -0.3 is 16.0 Å². The first-order chi connectivity index (χ1) is 12.6. The number of fused-ring (bicyclic) bond motifs is 1. The molecule has 4 amide bonds. The predicted octanol–water partition coefficient (Wildman–Crippen LogP) is 2.51. The Hall–Kier alpha value is -3.00. The summed E-state index contributed by atoms with van der Waals surface area (Å²) in [7, 11) is 0. The Morgan fingerprint density at radius 2 is 2.04 bits per heavy atom. The third-order valence-electron chi connectivity index (χ3n) is 4.15. The van der Waals surface area contributed by atoms with Gasteiger partial charge in [-0.25, -0.2) is 4.79 Å². The second kappa shape index (κ2) is 6.72. The van der Waals surface area contributed by atoms with E-state index in [0.29, 0.717) is 35.8 Å². The summed E-state index contributed by atoms with van der Waals surface area (Å²) in [5.74, 6) is 0.0346. The molecule has 2 aromatic carbocycles. The normalized spacial score (nSPS) is 15.9. The van der Waals surface area contributed by atoms with Crippen LogP contribution in [0.2, 0.25) is 0 Å². The summed E-state index contributed by atoms with van der Waals surface area (Å²) in [5.41, 5.74) is 2.44. The maximum Gasteiger partial charge on any atom is 0.321 e. The van der Waals surface area contributed by atoms with Gasteiger partial charge in [-0.2, -0.15) is 0 Å². The number of benzene rings is 2. The van der Waals surface area contributed by atoms with Gasteiger partial charge in [0.15, 0.2) is 0 Å². The van der Waals surface area contributed by atoms with E-state index in [9.17, 15) is 14.4 Å². The molecule has 132 valence electrons. The van der Waals surface area contributed by atoms with Crippen molar-refractivity contribution in [1.29, 1.82) is 0 Å². The van der Waals surface area contributed by atoms with Crippen LogP contribution < -0.4 is 20.9 Å². The lowest BCUT2D eigenvalue weighted by atomic mass is 10.1. The molecule has 0 saturated carbocycles. The number of urea groups is 1. The minimum absolute atomic E-state index is 0.0725. The Balaban J connectivity index is 1.52. The van der Waals surface area contributed by atoms with Crippen LogP contribution in [0.3, 0.4) is 0 Å². The topological polar surface area (TPSA) is 90.5 Å². The molecule has 2 aromatic rings. The van der Waals surface area contributed by atoms with Crippen molar-refractivity contribution < 1.29 is 14.4 Å². The highest BCUT2D eigenvalue weighted by Gasteiger charge is 2.21. The molecule has 1 saturated heterocycles. The highest BCUT2D eigenvalue weighted by molar-refractivity contribution is 8.00. The number of hydrogen-bond donors (Lipinski definition) is 3. The molecule has 0 atom stereocenters. The molecule has 8 heteroatoms. The number of nitrogens with zero attached hydrogens (tertiary/aromatic N) is 1. The molecule has 0 aromatic heterocycles. The highest BCUT2D eigenvalue weighted by atomic mass is 32.2. The van der Waals surface area contributed by atoms with Crippen LogP contribution in [0.25, 0.3) is 0 Å². The first-order valence-electron chi connectivity index (χ1n) is 8.14. The zero-order valence-corrected chi connectivity index (χ0v) is 14.6. The Labute approximate surface area is 154 Å². The van der Waals surface area contributed by atoms with Crippen LogP contribution in [0.4, 0.5) is 21.9 Å². The third kappa shape index (κ3) is 3.23. The van der Waals surface area contributed by atoms with Crippen molar-refractivity contribution in [3.8, 4) is 0 Å². The van der Waals surface area contributed by atoms with Gasteiger partial charge in [-0.1, -0.05) is 6.07 Å². The minimum Gasteiger partial charge on any atom is -0.336 e. The van der Waals surface area contributed by atoms with E-state index in [4.69, 9.17) is 0 Å². The lowest BCUT2D eigenvalue weighted by Crippen LogP contribution is -2.27. The van der Waals surface area contributed by atoms with Crippen LogP contribution in [0, 0.1) is 0 Å². The van der Waals surface area contributed by atoms with Crippen LogP contribution >= 0.6 is 11.8 Å². The van der Waals surface area contributed by atoms with Crippen LogP contribution in [-0.2, 0) is 4.79 Å². The van der Waals surface area contributed by atoms with Gasteiger partial charge in [0.05, 0.1) is 11.4 Å². The largest absolute Gasteiger partial charge is 0.336 e. The SMILES string of the molecule is O=C1CSc2ccc(C(=O)Nc3cccc(N4CCNC4=O)c3)cc2N1. The van der Waals surface area contributed by atoms with Gasteiger partial charge in [-0.05, 0) is 36.4 Å². The van der Waals surface area contributed by atoms with E-state index in [1.54, 1.807) is 35.2 Å². The van der Waals surface area contributed by atoms with Gasteiger partial charge in [0.25, 0.3) is 5.91 Å². The first-order valence-corrected chi connectivity index (χ1v) is 9.12. The zero-order chi connectivity index (χ0) is 18.1. The Morgan fingerprint density at radius 1 is 1.15 bits per heavy atom. The minimum atomic E-state index is -0.277. The summed E-state index contributed by atoms with van der Waals surface area (Å²) in [6.45, 7) is 1.20. The molecule has 7 nitrogen and oxygen atoms in total. The Morgan fingerprint density at radius 3 is 2.85 bits per heavy atom. The number of amides is 4. The number of carbonyl (C=O) groups excluding carboxylic acids is 3. The van der Waals surface area contributed by atoms with Gasteiger partial charge in [-0.3, -0.25) is 14.5 Å². The molecular formula is C18H16N4O3S. The maximum atomic E-state index is 12.6. The number of rotatable bonds is 3. The van der Waals surface area contributed by atoms with Crippen LogP contribution in [0.1, 0.15) is 10.4 Å². The molecule has 0 radical (unpaired) electrons. The van der Waals surface area contributed by atoms with Gasteiger partial charge in [0, 0.05) is 34.9 Å². The van der Waals surface area contributed by atoms with E-state index in [2.05, 4.69) is 16.0 Å². The van der Waals surface area contributed by atoms with Gasteiger partial charge in [0.2, 0.25) is 5.91 Å². The molecule has 0 spiro atoms. The van der Waals surface area contributed by atoms with Gasteiger partial charge in [-0.15, -0.1) is 11.8 Å². The molecule has 4 rings (SSSR count). The molecule has 2 heterocycles. The molecule has 26 heavy (non-hydrogen) atoms. The van der Waals surface area contributed by atoms with Crippen molar-refractivity contribution in [3.05, 3.63) is 48.0 Å². The fourth-order valence-electron chi connectivity index (χ4n) is 2.90. The number of carbonyl (C=O) groups is 3. The van der Waals surface area contributed by atoms with Crippen LogP contribution in [0.15, 0.2) is 47.4 Å². The summed E-state index contributed by atoms with van der Waals surface area (Å²) in [4.78, 5) is 38.4. The quantitative estimate of drug-likeness (QED) is 0.776. The van der Waals surface area contributed by atoms with Gasteiger partial charge >= 0.3 is 6.03 Å². The van der Waals surface area contributed by atoms with E-state index < -0.39 is 0 Å². The summed E-state index contributed by atoms with van der Waals surface area (Å²) >= 11 is 1.45. The standard InChI is InChI=1S/C18H16N4O3S/c23-16-10-26-15-5-4-11(8-14(15)21-16)17(24)20-12-2-1-3-13(9-12)22-7-6-19-18(22)25/h1-5,8-9H,6-7,10H2,(H,19,25)(H,20,24)(H,21,23). The average molecular weight is 368 g/mol. The van der Waals surface area contributed by atoms with Gasteiger partial charge in [0.1, 0.15) is 0 Å².